The predicted molar refractivity (Wildman–Crippen MR) is 118 cm³/mol. The van der Waals surface area contributed by atoms with E-state index in [1.54, 1.807) is 0 Å². The van der Waals surface area contributed by atoms with Crippen LogP contribution in [0.5, 0.6) is 0 Å². The Hall–Kier alpha value is -3.65. The number of carbonyl (C=O) groups excluding carboxylic acids is 2. The quantitative estimate of drug-likeness (QED) is 0.492. The van der Waals surface area contributed by atoms with Crippen LogP contribution in [-0.2, 0) is 19.1 Å². The Morgan fingerprint density at radius 3 is 2.25 bits per heavy atom. The molecular weight excluding hydrogens is 412 g/mol. The number of rotatable bonds is 10. The zero-order chi connectivity index (χ0) is 22.9. The molecule has 0 bridgehead atoms. The molecule has 3 rings (SSSR count). The summed E-state index contributed by atoms with van der Waals surface area (Å²) in [6.45, 7) is 0.502. The van der Waals surface area contributed by atoms with E-state index < -0.39 is 18.2 Å². The number of carboxylic acid groups (broad SMARTS) is 1. The SMILES string of the molecule is COC(CCNC(=O)/C=C/CNC(=O)OCC1c2ccccc2-c2ccccc21)C(=O)O. The van der Waals surface area contributed by atoms with E-state index in [2.05, 4.69) is 22.8 Å². The monoisotopic (exact) mass is 438 g/mol. The van der Waals surface area contributed by atoms with Crippen molar-refractivity contribution in [1.29, 1.82) is 0 Å². The van der Waals surface area contributed by atoms with Crippen molar-refractivity contribution in [3.05, 3.63) is 71.8 Å². The number of benzene rings is 2. The molecule has 32 heavy (non-hydrogen) atoms. The summed E-state index contributed by atoms with van der Waals surface area (Å²) in [7, 11) is 1.30. The molecule has 168 valence electrons. The van der Waals surface area contributed by atoms with E-state index in [1.165, 1.54) is 19.3 Å². The second-order valence-electron chi connectivity index (χ2n) is 7.25. The van der Waals surface area contributed by atoms with Gasteiger partial charge in [-0.05, 0) is 22.3 Å². The molecule has 0 aromatic heterocycles. The smallest absolute Gasteiger partial charge is 0.407 e. The van der Waals surface area contributed by atoms with Crippen molar-refractivity contribution in [2.24, 2.45) is 0 Å². The van der Waals surface area contributed by atoms with Gasteiger partial charge < -0.3 is 25.2 Å². The summed E-state index contributed by atoms with van der Waals surface area (Å²) >= 11 is 0. The predicted octanol–water partition coefficient (Wildman–Crippen LogP) is 2.69. The standard InChI is InChI=1S/C24H26N2O6/c1-31-21(23(28)29)12-14-25-22(27)11-6-13-26-24(30)32-15-20-18-9-4-2-7-16(18)17-8-3-5-10-19(17)20/h2-11,20-21H,12-15H2,1H3,(H,25,27)(H,26,30)(H,28,29)/b11-6+. The number of carbonyl (C=O) groups is 3. The van der Waals surface area contributed by atoms with Crippen LogP contribution in [0.1, 0.15) is 23.5 Å². The van der Waals surface area contributed by atoms with Gasteiger partial charge in [-0.1, -0.05) is 54.6 Å². The lowest BCUT2D eigenvalue weighted by Crippen LogP contribution is -2.30. The molecule has 0 radical (unpaired) electrons. The summed E-state index contributed by atoms with van der Waals surface area (Å²) < 4.78 is 10.2. The highest BCUT2D eigenvalue weighted by Gasteiger charge is 2.28. The number of aliphatic carboxylic acids is 1. The van der Waals surface area contributed by atoms with Crippen molar-refractivity contribution < 1.29 is 29.0 Å². The lowest BCUT2D eigenvalue weighted by molar-refractivity contribution is -0.148. The van der Waals surface area contributed by atoms with Crippen LogP contribution >= 0.6 is 0 Å². The second kappa shape index (κ2) is 11.1. The number of ether oxygens (including phenoxy) is 2. The van der Waals surface area contributed by atoms with Gasteiger partial charge in [-0.15, -0.1) is 0 Å². The fourth-order valence-corrected chi connectivity index (χ4v) is 3.69. The van der Waals surface area contributed by atoms with Crippen LogP contribution in [0, 0.1) is 0 Å². The molecule has 0 fully saturated rings. The fourth-order valence-electron chi connectivity index (χ4n) is 3.69. The third-order valence-electron chi connectivity index (χ3n) is 5.24. The molecule has 8 nitrogen and oxygen atoms in total. The number of carboxylic acids is 1. The maximum absolute atomic E-state index is 12.1. The Morgan fingerprint density at radius 1 is 1.03 bits per heavy atom. The Balaban J connectivity index is 1.41. The number of nitrogens with one attached hydrogen (secondary N) is 2. The van der Waals surface area contributed by atoms with Gasteiger partial charge in [-0.3, -0.25) is 4.79 Å². The molecule has 0 heterocycles. The number of hydrogen-bond acceptors (Lipinski definition) is 5. The second-order valence-corrected chi connectivity index (χ2v) is 7.25. The van der Waals surface area contributed by atoms with E-state index in [0.717, 1.165) is 22.3 Å². The normalized spacial score (nSPS) is 13.3. The molecule has 0 saturated heterocycles. The zero-order valence-corrected chi connectivity index (χ0v) is 17.7. The number of amides is 2. The minimum Gasteiger partial charge on any atom is -0.479 e. The molecule has 0 saturated carbocycles. The molecule has 1 aliphatic carbocycles. The van der Waals surface area contributed by atoms with E-state index >= 15 is 0 Å². The van der Waals surface area contributed by atoms with Gasteiger partial charge in [0.25, 0.3) is 0 Å². The molecular formula is C24H26N2O6. The average Bonchev–Trinajstić information content (AvgIpc) is 3.12. The molecule has 2 aromatic carbocycles. The van der Waals surface area contributed by atoms with Crippen molar-refractivity contribution in [2.75, 3.05) is 26.8 Å². The van der Waals surface area contributed by atoms with Crippen LogP contribution in [0.3, 0.4) is 0 Å². The van der Waals surface area contributed by atoms with Gasteiger partial charge in [-0.25, -0.2) is 9.59 Å². The number of methoxy groups -OCH3 is 1. The lowest BCUT2D eigenvalue weighted by Gasteiger charge is -2.14. The summed E-state index contributed by atoms with van der Waals surface area (Å²) in [5.74, 6) is -1.49. The molecule has 0 aliphatic heterocycles. The number of fused-ring (bicyclic) bond motifs is 3. The van der Waals surface area contributed by atoms with Crippen LogP contribution in [0.25, 0.3) is 11.1 Å². The van der Waals surface area contributed by atoms with Gasteiger partial charge in [-0.2, -0.15) is 0 Å². The fraction of sp³-hybridized carbons (Fsp3) is 0.292. The van der Waals surface area contributed by atoms with E-state index in [1.807, 2.05) is 36.4 Å². The average molecular weight is 438 g/mol. The number of alkyl carbamates (subject to hydrolysis) is 1. The number of hydrogen-bond donors (Lipinski definition) is 3. The summed E-state index contributed by atoms with van der Waals surface area (Å²) in [4.78, 5) is 34.6. The molecule has 3 N–H and O–H groups in total. The maximum atomic E-state index is 12.1. The minimum absolute atomic E-state index is 0.0174. The zero-order valence-electron chi connectivity index (χ0n) is 17.7. The summed E-state index contributed by atoms with van der Waals surface area (Å²) in [5.41, 5.74) is 4.59. The Kier molecular flexibility index (Phi) is 7.99. The third kappa shape index (κ3) is 5.73. The van der Waals surface area contributed by atoms with Gasteiger partial charge in [0.05, 0.1) is 0 Å². The first-order valence-electron chi connectivity index (χ1n) is 10.3. The van der Waals surface area contributed by atoms with Crippen molar-refractivity contribution >= 4 is 18.0 Å². The van der Waals surface area contributed by atoms with E-state index in [4.69, 9.17) is 14.6 Å². The van der Waals surface area contributed by atoms with Crippen molar-refractivity contribution in [3.8, 4) is 11.1 Å². The molecule has 2 amide bonds. The van der Waals surface area contributed by atoms with E-state index in [9.17, 15) is 14.4 Å². The van der Waals surface area contributed by atoms with Crippen LogP contribution in [0.4, 0.5) is 4.79 Å². The lowest BCUT2D eigenvalue weighted by atomic mass is 9.98. The summed E-state index contributed by atoms with van der Waals surface area (Å²) in [5, 5.41) is 14.0. The first kappa shape index (κ1) is 23.0. The molecule has 0 spiro atoms. The Labute approximate surface area is 186 Å². The third-order valence-corrected chi connectivity index (χ3v) is 5.24. The molecule has 8 heteroatoms. The van der Waals surface area contributed by atoms with E-state index in [0.29, 0.717) is 0 Å². The molecule has 1 atom stereocenters. The molecule has 2 aromatic rings. The van der Waals surface area contributed by atoms with Gasteiger partial charge in [0.1, 0.15) is 6.61 Å². The largest absolute Gasteiger partial charge is 0.479 e. The van der Waals surface area contributed by atoms with Crippen LogP contribution in [-0.4, -0.2) is 56.0 Å². The van der Waals surface area contributed by atoms with Crippen LogP contribution in [0.2, 0.25) is 0 Å². The topological polar surface area (TPSA) is 114 Å². The first-order chi connectivity index (χ1) is 15.5. The molecule has 1 aliphatic rings. The van der Waals surface area contributed by atoms with Gasteiger partial charge in [0, 0.05) is 38.6 Å². The maximum Gasteiger partial charge on any atom is 0.407 e. The minimum atomic E-state index is -1.08. The highest BCUT2D eigenvalue weighted by atomic mass is 16.5. The highest BCUT2D eigenvalue weighted by Crippen LogP contribution is 2.44. The van der Waals surface area contributed by atoms with Crippen LogP contribution in [0.15, 0.2) is 60.7 Å². The van der Waals surface area contributed by atoms with Crippen molar-refractivity contribution in [2.45, 2.75) is 18.4 Å². The Bertz CT molecular complexity index is 958. The van der Waals surface area contributed by atoms with Gasteiger partial charge >= 0.3 is 12.1 Å². The van der Waals surface area contributed by atoms with Crippen LogP contribution < -0.4 is 10.6 Å². The summed E-state index contributed by atoms with van der Waals surface area (Å²) in [6.07, 6.45) is 1.38. The van der Waals surface area contributed by atoms with E-state index in [-0.39, 0.29) is 37.9 Å². The highest BCUT2D eigenvalue weighted by molar-refractivity contribution is 5.87. The van der Waals surface area contributed by atoms with Gasteiger partial charge in [0.2, 0.25) is 5.91 Å². The molecule has 1 unspecified atom stereocenters. The Morgan fingerprint density at radius 2 is 1.66 bits per heavy atom. The van der Waals surface area contributed by atoms with Crippen molar-refractivity contribution in [3.63, 3.8) is 0 Å². The van der Waals surface area contributed by atoms with Crippen molar-refractivity contribution in [1.82, 2.24) is 10.6 Å². The first-order valence-corrected chi connectivity index (χ1v) is 10.3. The summed E-state index contributed by atoms with van der Waals surface area (Å²) in [6, 6.07) is 16.2. The van der Waals surface area contributed by atoms with Gasteiger partial charge in [0.15, 0.2) is 6.10 Å².